The van der Waals surface area contributed by atoms with Crippen LogP contribution in [0.2, 0.25) is 0 Å². The van der Waals surface area contributed by atoms with Crippen LogP contribution in [0.15, 0.2) is 18.2 Å². The van der Waals surface area contributed by atoms with Crippen molar-refractivity contribution in [2.24, 2.45) is 0 Å². The Morgan fingerprint density at radius 1 is 1.18 bits per heavy atom. The molecule has 0 aliphatic heterocycles. The van der Waals surface area contributed by atoms with Crippen molar-refractivity contribution in [1.29, 1.82) is 0 Å². The number of carbonyl (C=O) groups is 2. The second-order valence-corrected chi connectivity index (χ2v) is 5.22. The van der Waals surface area contributed by atoms with Crippen molar-refractivity contribution in [2.75, 3.05) is 26.3 Å². The molecule has 0 heterocycles. The highest BCUT2D eigenvalue weighted by molar-refractivity contribution is 5.94. The molecule has 0 saturated heterocycles. The van der Waals surface area contributed by atoms with Gasteiger partial charge in [-0.25, -0.2) is 0 Å². The smallest absolute Gasteiger partial charge is 0.307 e. The number of esters is 1. The summed E-state index contributed by atoms with van der Waals surface area (Å²) >= 11 is 0. The van der Waals surface area contributed by atoms with Crippen LogP contribution < -0.4 is 0 Å². The number of rotatable bonds is 8. The van der Waals surface area contributed by atoms with E-state index in [1.54, 1.807) is 17.9 Å². The van der Waals surface area contributed by atoms with Crippen molar-refractivity contribution in [2.45, 2.75) is 33.6 Å². The van der Waals surface area contributed by atoms with E-state index in [0.717, 1.165) is 11.1 Å². The number of ether oxygens (including phenoxy) is 1. The molecule has 122 valence electrons. The maximum absolute atomic E-state index is 12.6. The van der Waals surface area contributed by atoms with Crippen LogP contribution in [-0.4, -0.2) is 48.2 Å². The molecule has 1 N–H and O–H groups in total. The van der Waals surface area contributed by atoms with Gasteiger partial charge in [-0.05, 0) is 50.5 Å². The largest absolute Gasteiger partial charge is 0.466 e. The fraction of sp³-hybridized carbons (Fsp3) is 0.529. The highest BCUT2D eigenvalue weighted by Crippen LogP contribution is 2.13. The molecule has 0 spiro atoms. The maximum Gasteiger partial charge on any atom is 0.307 e. The van der Waals surface area contributed by atoms with Gasteiger partial charge in [0.05, 0.1) is 13.0 Å². The lowest BCUT2D eigenvalue weighted by Crippen LogP contribution is -2.34. The Morgan fingerprint density at radius 2 is 1.91 bits per heavy atom. The number of aliphatic hydroxyl groups excluding tert-OH is 1. The van der Waals surface area contributed by atoms with Gasteiger partial charge in [-0.1, -0.05) is 6.07 Å². The Labute approximate surface area is 131 Å². The molecule has 1 aromatic rings. The lowest BCUT2D eigenvalue weighted by atomic mass is 10.1. The van der Waals surface area contributed by atoms with E-state index in [0.29, 0.717) is 31.7 Å². The SMILES string of the molecule is CCOC(=O)CCN(CCCO)C(=O)c1ccc(C)c(C)c1. The summed E-state index contributed by atoms with van der Waals surface area (Å²) in [5, 5.41) is 8.98. The number of benzene rings is 1. The Morgan fingerprint density at radius 3 is 2.50 bits per heavy atom. The van der Waals surface area contributed by atoms with E-state index in [4.69, 9.17) is 9.84 Å². The molecule has 5 nitrogen and oxygen atoms in total. The van der Waals surface area contributed by atoms with Crippen LogP contribution in [0.25, 0.3) is 0 Å². The summed E-state index contributed by atoms with van der Waals surface area (Å²) in [5.74, 6) is -0.440. The molecule has 0 aromatic heterocycles. The van der Waals surface area contributed by atoms with Gasteiger partial charge >= 0.3 is 5.97 Å². The van der Waals surface area contributed by atoms with E-state index in [9.17, 15) is 9.59 Å². The fourth-order valence-corrected chi connectivity index (χ4v) is 2.09. The molecule has 1 aromatic carbocycles. The van der Waals surface area contributed by atoms with Crippen LogP contribution >= 0.6 is 0 Å². The summed E-state index contributed by atoms with van der Waals surface area (Å²) in [4.78, 5) is 25.6. The quantitative estimate of drug-likeness (QED) is 0.747. The third-order valence-electron chi connectivity index (χ3n) is 3.52. The first-order valence-electron chi connectivity index (χ1n) is 7.62. The maximum atomic E-state index is 12.6. The molecular formula is C17H25NO4. The highest BCUT2D eigenvalue weighted by atomic mass is 16.5. The van der Waals surface area contributed by atoms with Gasteiger partial charge in [-0.2, -0.15) is 0 Å². The fourth-order valence-electron chi connectivity index (χ4n) is 2.09. The third-order valence-corrected chi connectivity index (χ3v) is 3.52. The molecule has 1 amide bonds. The van der Waals surface area contributed by atoms with Crippen molar-refractivity contribution < 1.29 is 19.4 Å². The summed E-state index contributed by atoms with van der Waals surface area (Å²) in [6, 6.07) is 5.56. The van der Waals surface area contributed by atoms with Crippen LogP contribution in [0.3, 0.4) is 0 Å². The zero-order valence-corrected chi connectivity index (χ0v) is 13.6. The average molecular weight is 307 g/mol. The predicted octanol–water partition coefficient (Wildman–Crippen LogP) is 2.08. The molecule has 22 heavy (non-hydrogen) atoms. The van der Waals surface area contributed by atoms with E-state index >= 15 is 0 Å². The molecule has 5 heteroatoms. The minimum Gasteiger partial charge on any atom is -0.466 e. The molecule has 1 rings (SSSR count). The molecule has 0 aliphatic carbocycles. The summed E-state index contributed by atoms with van der Waals surface area (Å²) in [5.41, 5.74) is 2.79. The second-order valence-electron chi connectivity index (χ2n) is 5.22. The Hall–Kier alpha value is -1.88. The van der Waals surface area contributed by atoms with E-state index in [1.807, 2.05) is 26.0 Å². The van der Waals surface area contributed by atoms with Crippen LogP contribution in [-0.2, 0) is 9.53 Å². The van der Waals surface area contributed by atoms with Gasteiger partial charge in [-0.15, -0.1) is 0 Å². The first kappa shape index (κ1) is 18.2. The van der Waals surface area contributed by atoms with Gasteiger partial charge in [0.15, 0.2) is 0 Å². The van der Waals surface area contributed by atoms with Gasteiger partial charge in [0.1, 0.15) is 0 Å². The van der Waals surface area contributed by atoms with Crippen LogP contribution in [0.4, 0.5) is 0 Å². The Bertz CT molecular complexity index is 513. The normalized spacial score (nSPS) is 10.4. The number of hydrogen-bond acceptors (Lipinski definition) is 4. The summed E-state index contributed by atoms with van der Waals surface area (Å²) in [7, 11) is 0. The second kappa shape index (κ2) is 9.20. The van der Waals surface area contributed by atoms with Gasteiger partial charge in [0.25, 0.3) is 5.91 Å². The minimum atomic E-state index is -0.315. The number of amides is 1. The standard InChI is InChI=1S/C17H25NO4/c1-4-22-16(20)8-10-18(9-5-11-19)17(21)15-7-6-13(2)14(3)12-15/h6-7,12,19H,4-5,8-11H2,1-3H3. The molecule has 0 unspecified atom stereocenters. The van der Waals surface area contributed by atoms with Gasteiger partial charge < -0.3 is 14.7 Å². The number of nitrogens with zero attached hydrogens (tertiary/aromatic N) is 1. The number of aryl methyl sites for hydroxylation is 2. The topological polar surface area (TPSA) is 66.8 Å². The predicted molar refractivity (Wildman–Crippen MR) is 84.8 cm³/mol. The Kier molecular flexibility index (Phi) is 7.60. The summed E-state index contributed by atoms with van der Waals surface area (Å²) < 4.78 is 4.89. The van der Waals surface area contributed by atoms with Crippen molar-refractivity contribution in [1.82, 2.24) is 4.90 Å². The number of carbonyl (C=O) groups excluding carboxylic acids is 2. The van der Waals surface area contributed by atoms with Crippen molar-refractivity contribution in [3.8, 4) is 0 Å². The molecule has 0 bridgehead atoms. The number of aliphatic hydroxyl groups is 1. The van der Waals surface area contributed by atoms with Crippen LogP contribution in [0.5, 0.6) is 0 Å². The van der Waals surface area contributed by atoms with Crippen LogP contribution in [0.1, 0.15) is 41.3 Å². The molecule has 0 radical (unpaired) electrons. The molecule has 0 fully saturated rings. The van der Waals surface area contributed by atoms with Crippen LogP contribution in [0, 0.1) is 13.8 Å². The van der Waals surface area contributed by atoms with Gasteiger partial charge in [0, 0.05) is 25.3 Å². The van der Waals surface area contributed by atoms with Crippen molar-refractivity contribution in [3.05, 3.63) is 34.9 Å². The molecule has 0 aliphatic rings. The van der Waals surface area contributed by atoms with E-state index in [1.165, 1.54) is 0 Å². The molecule has 0 atom stereocenters. The van der Waals surface area contributed by atoms with Crippen molar-refractivity contribution in [3.63, 3.8) is 0 Å². The monoisotopic (exact) mass is 307 g/mol. The zero-order valence-electron chi connectivity index (χ0n) is 13.6. The average Bonchev–Trinajstić information content (AvgIpc) is 2.50. The van der Waals surface area contributed by atoms with E-state index < -0.39 is 0 Å². The molecule has 0 saturated carbocycles. The van der Waals surface area contributed by atoms with Gasteiger partial charge in [-0.3, -0.25) is 9.59 Å². The zero-order chi connectivity index (χ0) is 16.5. The summed E-state index contributed by atoms with van der Waals surface area (Å²) in [6.45, 7) is 6.77. The lowest BCUT2D eigenvalue weighted by Gasteiger charge is -2.22. The number of hydrogen-bond donors (Lipinski definition) is 1. The lowest BCUT2D eigenvalue weighted by molar-refractivity contribution is -0.143. The first-order chi connectivity index (χ1) is 10.5. The highest BCUT2D eigenvalue weighted by Gasteiger charge is 2.17. The van der Waals surface area contributed by atoms with Gasteiger partial charge in [0.2, 0.25) is 0 Å². The Balaban J connectivity index is 2.78. The summed E-state index contributed by atoms with van der Waals surface area (Å²) in [6.07, 6.45) is 0.648. The van der Waals surface area contributed by atoms with E-state index in [2.05, 4.69) is 0 Å². The van der Waals surface area contributed by atoms with E-state index in [-0.39, 0.29) is 24.9 Å². The first-order valence-corrected chi connectivity index (χ1v) is 7.62. The minimum absolute atomic E-state index is 0.0100. The third kappa shape index (κ3) is 5.48. The molecular weight excluding hydrogens is 282 g/mol. The van der Waals surface area contributed by atoms with Crippen molar-refractivity contribution >= 4 is 11.9 Å².